The molecule has 0 bridgehead atoms. The lowest BCUT2D eigenvalue weighted by Crippen LogP contribution is -2.41. The van der Waals surface area contributed by atoms with E-state index in [-0.39, 0.29) is 10.8 Å². The molecule has 0 radical (unpaired) electrons. The van der Waals surface area contributed by atoms with Crippen LogP contribution in [0.1, 0.15) is 0 Å². The van der Waals surface area contributed by atoms with Gasteiger partial charge in [-0.25, -0.2) is 0 Å². The molecule has 3 aliphatic rings. The number of allylic oxidation sites excluding steroid dienone is 7. The van der Waals surface area contributed by atoms with Crippen LogP contribution in [0.4, 0.5) is 0 Å². The fourth-order valence-corrected chi connectivity index (χ4v) is 3.48. The molecule has 1 nitrogen and oxygen atoms in total. The predicted octanol–water partition coefficient (Wildman–Crippen LogP) is 2.86. The molecule has 0 aromatic heterocycles. The summed E-state index contributed by atoms with van der Waals surface area (Å²) in [5.74, 6) is 0. The van der Waals surface area contributed by atoms with Gasteiger partial charge in [-0.1, -0.05) is 70.6 Å². The number of halogens is 1. The summed E-state index contributed by atoms with van der Waals surface area (Å²) >= 11 is 3.45. The third kappa shape index (κ3) is 0.963. The van der Waals surface area contributed by atoms with Crippen LogP contribution < -0.4 is 0 Å². The molecule has 0 aromatic rings. The van der Waals surface area contributed by atoms with E-state index in [1.54, 1.807) is 0 Å². The van der Waals surface area contributed by atoms with E-state index in [0.717, 1.165) is 4.48 Å². The van der Waals surface area contributed by atoms with E-state index in [9.17, 15) is 5.11 Å². The summed E-state index contributed by atoms with van der Waals surface area (Å²) in [7, 11) is 0. The second kappa shape index (κ2) is 2.83. The first-order valence-corrected chi connectivity index (χ1v) is 5.80. The zero-order valence-electron chi connectivity index (χ0n) is 8.10. The summed E-state index contributed by atoms with van der Waals surface area (Å²) in [5, 5.41) is 10.3. The Balaban J connectivity index is 2.28. The summed E-state index contributed by atoms with van der Waals surface area (Å²) in [4.78, 5) is 0. The average molecular weight is 263 g/mol. The van der Waals surface area contributed by atoms with Crippen molar-refractivity contribution in [3.05, 3.63) is 59.2 Å². The van der Waals surface area contributed by atoms with Crippen LogP contribution in [0.25, 0.3) is 0 Å². The number of aliphatic hydroxyl groups excluding tert-OH is 1. The van der Waals surface area contributed by atoms with Crippen LogP contribution in [-0.2, 0) is 0 Å². The lowest BCUT2D eigenvalue weighted by molar-refractivity contribution is 0.105. The van der Waals surface area contributed by atoms with Gasteiger partial charge in [-0.15, -0.1) is 0 Å². The molecule has 1 N–H and O–H groups in total. The summed E-state index contributed by atoms with van der Waals surface area (Å²) < 4.78 is 0.870. The zero-order chi connectivity index (χ0) is 10.5. The minimum atomic E-state index is -0.486. The Morgan fingerprint density at radius 1 is 1.00 bits per heavy atom. The third-order valence-electron chi connectivity index (χ3n) is 3.55. The molecular formula is C13H11BrO. The van der Waals surface area contributed by atoms with Crippen LogP contribution in [0.15, 0.2) is 59.2 Å². The quantitative estimate of drug-likeness (QED) is 0.712. The summed E-state index contributed by atoms with van der Waals surface area (Å²) in [5.41, 5.74) is -0.510. The van der Waals surface area contributed by atoms with Crippen molar-refractivity contribution in [2.24, 2.45) is 10.8 Å². The van der Waals surface area contributed by atoms with E-state index in [1.807, 2.05) is 24.3 Å². The van der Waals surface area contributed by atoms with Gasteiger partial charge in [-0.05, 0) is 0 Å². The van der Waals surface area contributed by atoms with Gasteiger partial charge in [-0.3, -0.25) is 0 Å². The average Bonchev–Trinajstić information content (AvgIpc) is 2.49. The minimum Gasteiger partial charge on any atom is -0.387 e. The summed E-state index contributed by atoms with van der Waals surface area (Å²) in [6.45, 7) is 0. The fourth-order valence-electron chi connectivity index (χ4n) is 2.72. The first kappa shape index (κ1) is 9.37. The third-order valence-corrected chi connectivity index (χ3v) is 4.21. The van der Waals surface area contributed by atoms with Crippen molar-refractivity contribution in [3.63, 3.8) is 0 Å². The first-order chi connectivity index (χ1) is 7.20. The molecule has 3 rings (SSSR count). The maximum absolute atomic E-state index is 10.3. The lowest BCUT2D eigenvalue weighted by Gasteiger charge is -2.43. The molecule has 0 saturated carbocycles. The number of aliphatic hydroxyl groups is 1. The molecule has 15 heavy (non-hydrogen) atoms. The first-order valence-electron chi connectivity index (χ1n) is 5.01. The predicted molar refractivity (Wildman–Crippen MR) is 64.4 cm³/mol. The largest absolute Gasteiger partial charge is 0.387 e. The molecule has 0 fully saturated rings. The highest BCUT2D eigenvalue weighted by molar-refractivity contribution is 9.11. The maximum Gasteiger partial charge on any atom is 0.0991 e. The van der Waals surface area contributed by atoms with Gasteiger partial charge in [0.2, 0.25) is 0 Å². The van der Waals surface area contributed by atoms with E-state index < -0.39 is 6.10 Å². The lowest BCUT2D eigenvalue weighted by atomic mass is 9.60. The second-order valence-corrected chi connectivity index (χ2v) is 5.15. The molecule has 3 aliphatic carbocycles. The van der Waals surface area contributed by atoms with E-state index in [1.165, 1.54) is 0 Å². The van der Waals surface area contributed by atoms with Gasteiger partial charge < -0.3 is 5.11 Å². The fraction of sp³-hybridized carbons (Fsp3) is 0.231. The normalized spacial score (nSPS) is 45.2. The molecule has 0 amide bonds. The van der Waals surface area contributed by atoms with Gasteiger partial charge in [0.25, 0.3) is 0 Å². The Morgan fingerprint density at radius 3 is 2.07 bits per heavy atom. The van der Waals surface area contributed by atoms with Crippen LogP contribution in [0.2, 0.25) is 0 Å². The van der Waals surface area contributed by atoms with Gasteiger partial charge in [0, 0.05) is 9.90 Å². The summed E-state index contributed by atoms with van der Waals surface area (Å²) in [6, 6.07) is 0. The van der Waals surface area contributed by atoms with E-state index in [4.69, 9.17) is 0 Å². The number of hydrogen-bond donors (Lipinski definition) is 1. The van der Waals surface area contributed by atoms with Crippen molar-refractivity contribution in [3.8, 4) is 0 Å². The van der Waals surface area contributed by atoms with Crippen molar-refractivity contribution in [1.82, 2.24) is 0 Å². The van der Waals surface area contributed by atoms with Crippen LogP contribution >= 0.6 is 15.9 Å². The van der Waals surface area contributed by atoms with Crippen LogP contribution in [0.3, 0.4) is 0 Å². The smallest absolute Gasteiger partial charge is 0.0991 e. The Kier molecular flexibility index (Phi) is 1.77. The highest BCUT2D eigenvalue weighted by Crippen LogP contribution is 2.59. The van der Waals surface area contributed by atoms with Crippen LogP contribution in [-0.4, -0.2) is 11.2 Å². The monoisotopic (exact) mass is 262 g/mol. The second-order valence-electron chi connectivity index (χ2n) is 4.23. The molecule has 0 spiro atoms. The van der Waals surface area contributed by atoms with Gasteiger partial charge in [0.15, 0.2) is 0 Å². The molecule has 0 aromatic carbocycles. The molecule has 0 heterocycles. The van der Waals surface area contributed by atoms with E-state index in [0.29, 0.717) is 0 Å². The number of hydrogen-bond acceptors (Lipinski definition) is 1. The van der Waals surface area contributed by atoms with Gasteiger partial charge in [0.1, 0.15) is 0 Å². The molecule has 0 saturated heterocycles. The van der Waals surface area contributed by atoms with Gasteiger partial charge in [-0.2, -0.15) is 0 Å². The minimum absolute atomic E-state index is 0.186. The Morgan fingerprint density at radius 2 is 1.53 bits per heavy atom. The van der Waals surface area contributed by atoms with Crippen LogP contribution in [0.5, 0.6) is 0 Å². The standard InChI is InChI=1S/C13H11BrO/c14-10-9-12-5-1-3-7-13(12,11(10)15)8-4-2-6-12/h1-9,11,15H/t11-,12?,13?/m0/s1. The molecule has 2 heteroatoms. The molecular weight excluding hydrogens is 252 g/mol. The Bertz CT molecular complexity index is 427. The molecule has 0 aliphatic heterocycles. The van der Waals surface area contributed by atoms with E-state index >= 15 is 0 Å². The van der Waals surface area contributed by atoms with Crippen molar-refractivity contribution in [2.45, 2.75) is 6.10 Å². The van der Waals surface area contributed by atoms with Crippen molar-refractivity contribution < 1.29 is 5.11 Å². The SMILES string of the molecule is O[C@H]1C(Br)=CC23C=CC=CC12C=CC=C3. The maximum atomic E-state index is 10.3. The Labute approximate surface area is 97.3 Å². The summed E-state index contributed by atoms with van der Waals surface area (Å²) in [6.07, 6.45) is 18.2. The van der Waals surface area contributed by atoms with Crippen molar-refractivity contribution >= 4 is 15.9 Å². The highest BCUT2D eigenvalue weighted by Gasteiger charge is 2.55. The number of rotatable bonds is 0. The highest BCUT2D eigenvalue weighted by atomic mass is 79.9. The van der Waals surface area contributed by atoms with Gasteiger partial charge in [0.05, 0.1) is 11.5 Å². The molecule has 1 atom stereocenters. The van der Waals surface area contributed by atoms with Crippen LogP contribution in [0, 0.1) is 10.8 Å². The molecule has 0 unspecified atom stereocenters. The molecule has 76 valence electrons. The Hall–Kier alpha value is -0.860. The zero-order valence-corrected chi connectivity index (χ0v) is 9.68. The van der Waals surface area contributed by atoms with Crippen molar-refractivity contribution in [2.75, 3.05) is 0 Å². The topological polar surface area (TPSA) is 20.2 Å². The van der Waals surface area contributed by atoms with Crippen molar-refractivity contribution in [1.29, 1.82) is 0 Å². The van der Waals surface area contributed by atoms with Gasteiger partial charge >= 0.3 is 0 Å². The van der Waals surface area contributed by atoms with E-state index in [2.05, 4.69) is 46.3 Å².